The SMILES string of the molecule is Cc1ccc2c(N)c(C(=O)N3CCC(N)CC3)sc2n1. The molecule has 0 saturated carbocycles. The van der Waals surface area contributed by atoms with E-state index in [0.717, 1.165) is 28.8 Å². The highest BCUT2D eigenvalue weighted by Gasteiger charge is 2.25. The smallest absolute Gasteiger partial charge is 0.266 e. The summed E-state index contributed by atoms with van der Waals surface area (Å²) in [7, 11) is 0. The average molecular weight is 290 g/mol. The van der Waals surface area contributed by atoms with Crippen molar-refractivity contribution < 1.29 is 4.79 Å². The molecule has 0 bridgehead atoms. The summed E-state index contributed by atoms with van der Waals surface area (Å²) in [6, 6.07) is 4.06. The Morgan fingerprint density at radius 1 is 1.40 bits per heavy atom. The van der Waals surface area contributed by atoms with Crippen LogP contribution >= 0.6 is 11.3 Å². The fraction of sp³-hybridized carbons (Fsp3) is 0.429. The van der Waals surface area contributed by atoms with Crippen LogP contribution in [0.4, 0.5) is 5.69 Å². The number of thiophene rings is 1. The lowest BCUT2D eigenvalue weighted by atomic mass is 10.1. The fourth-order valence-corrected chi connectivity index (χ4v) is 3.60. The topological polar surface area (TPSA) is 85.2 Å². The predicted molar refractivity (Wildman–Crippen MR) is 81.9 cm³/mol. The highest BCUT2D eigenvalue weighted by molar-refractivity contribution is 7.21. The molecule has 3 heterocycles. The van der Waals surface area contributed by atoms with E-state index in [-0.39, 0.29) is 11.9 Å². The molecule has 0 radical (unpaired) electrons. The maximum atomic E-state index is 12.6. The summed E-state index contributed by atoms with van der Waals surface area (Å²) in [5.74, 6) is 0.00931. The summed E-state index contributed by atoms with van der Waals surface area (Å²) >= 11 is 1.38. The Hall–Kier alpha value is -1.66. The Morgan fingerprint density at radius 2 is 2.10 bits per heavy atom. The van der Waals surface area contributed by atoms with Gasteiger partial charge in [0.15, 0.2) is 0 Å². The van der Waals surface area contributed by atoms with Crippen LogP contribution < -0.4 is 11.5 Å². The van der Waals surface area contributed by atoms with E-state index in [2.05, 4.69) is 4.98 Å². The summed E-state index contributed by atoms with van der Waals surface area (Å²) in [6.07, 6.45) is 1.71. The number of carbonyl (C=O) groups is 1. The van der Waals surface area contributed by atoms with Crippen LogP contribution in [0.3, 0.4) is 0 Å². The number of nitrogens with two attached hydrogens (primary N) is 2. The summed E-state index contributed by atoms with van der Waals surface area (Å²) in [6.45, 7) is 3.35. The van der Waals surface area contributed by atoms with E-state index in [0.29, 0.717) is 23.7 Å². The van der Waals surface area contributed by atoms with Crippen molar-refractivity contribution in [2.45, 2.75) is 25.8 Å². The summed E-state index contributed by atoms with van der Waals surface area (Å²) in [4.78, 5) is 20.3. The summed E-state index contributed by atoms with van der Waals surface area (Å²) < 4.78 is 0. The molecule has 0 unspecified atom stereocenters. The van der Waals surface area contributed by atoms with Gasteiger partial charge in [0.1, 0.15) is 9.71 Å². The molecule has 106 valence electrons. The van der Waals surface area contributed by atoms with Crippen LogP contribution in [0.1, 0.15) is 28.2 Å². The largest absolute Gasteiger partial charge is 0.397 e. The van der Waals surface area contributed by atoms with Crippen LogP contribution in [-0.4, -0.2) is 34.9 Å². The minimum Gasteiger partial charge on any atom is -0.397 e. The van der Waals surface area contributed by atoms with E-state index in [9.17, 15) is 4.79 Å². The quantitative estimate of drug-likeness (QED) is 0.838. The number of likely N-dealkylation sites (tertiary alicyclic amines) is 1. The van der Waals surface area contributed by atoms with E-state index in [1.165, 1.54) is 11.3 Å². The maximum absolute atomic E-state index is 12.6. The van der Waals surface area contributed by atoms with Crippen LogP contribution in [0.2, 0.25) is 0 Å². The monoisotopic (exact) mass is 290 g/mol. The maximum Gasteiger partial charge on any atom is 0.266 e. The van der Waals surface area contributed by atoms with Gasteiger partial charge in [-0.15, -0.1) is 11.3 Å². The molecule has 2 aromatic rings. The first-order valence-electron chi connectivity index (χ1n) is 6.76. The molecular weight excluding hydrogens is 272 g/mol. The van der Waals surface area contributed by atoms with Crippen molar-refractivity contribution in [3.63, 3.8) is 0 Å². The van der Waals surface area contributed by atoms with Gasteiger partial charge in [0, 0.05) is 30.2 Å². The molecule has 20 heavy (non-hydrogen) atoms. The molecule has 6 heteroatoms. The molecule has 3 rings (SSSR count). The first-order valence-corrected chi connectivity index (χ1v) is 7.58. The summed E-state index contributed by atoms with van der Waals surface area (Å²) in [5.41, 5.74) is 13.5. The Bertz CT molecular complexity index is 658. The molecule has 1 amide bonds. The molecule has 0 aliphatic carbocycles. The number of amides is 1. The van der Waals surface area contributed by atoms with Crippen LogP contribution in [0, 0.1) is 6.92 Å². The van der Waals surface area contributed by atoms with E-state index in [1.807, 2.05) is 24.0 Å². The number of fused-ring (bicyclic) bond motifs is 1. The number of carbonyl (C=O) groups excluding carboxylic acids is 1. The molecule has 1 saturated heterocycles. The molecule has 1 aliphatic heterocycles. The number of anilines is 1. The van der Waals surface area contributed by atoms with Crippen molar-refractivity contribution in [2.24, 2.45) is 5.73 Å². The highest BCUT2D eigenvalue weighted by Crippen LogP contribution is 2.33. The van der Waals surface area contributed by atoms with E-state index in [4.69, 9.17) is 11.5 Å². The van der Waals surface area contributed by atoms with Crippen molar-refractivity contribution in [1.82, 2.24) is 9.88 Å². The van der Waals surface area contributed by atoms with Gasteiger partial charge in [0.05, 0.1) is 5.69 Å². The van der Waals surface area contributed by atoms with Crippen LogP contribution in [-0.2, 0) is 0 Å². The predicted octanol–water partition coefficient (Wildman–Crippen LogP) is 1.75. The van der Waals surface area contributed by atoms with Crippen molar-refractivity contribution in [1.29, 1.82) is 0 Å². The third kappa shape index (κ3) is 2.25. The molecule has 2 aromatic heterocycles. The fourth-order valence-electron chi connectivity index (χ4n) is 2.49. The Morgan fingerprint density at radius 3 is 2.80 bits per heavy atom. The second kappa shape index (κ2) is 5.03. The van der Waals surface area contributed by atoms with E-state index < -0.39 is 0 Å². The van der Waals surface area contributed by atoms with Gasteiger partial charge in [0.2, 0.25) is 0 Å². The second-order valence-electron chi connectivity index (χ2n) is 5.28. The van der Waals surface area contributed by atoms with Gasteiger partial charge in [-0.3, -0.25) is 4.79 Å². The Labute approximate surface area is 121 Å². The van der Waals surface area contributed by atoms with Crippen LogP contribution in [0.5, 0.6) is 0 Å². The van der Waals surface area contributed by atoms with Gasteiger partial charge in [-0.2, -0.15) is 0 Å². The van der Waals surface area contributed by atoms with Gasteiger partial charge in [-0.05, 0) is 31.9 Å². The van der Waals surface area contributed by atoms with Crippen molar-refractivity contribution >= 4 is 33.1 Å². The van der Waals surface area contributed by atoms with E-state index in [1.54, 1.807) is 0 Å². The van der Waals surface area contributed by atoms with Crippen molar-refractivity contribution in [3.05, 3.63) is 22.7 Å². The number of aryl methyl sites for hydroxylation is 1. The molecule has 0 spiro atoms. The highest BCUT2D eigenvalue weighted by atomic mass is 32.1. The number of nitrogens with zero attached hydrogens (tertiary/aromatic N) is 2. The first-order chi connectivity index (χ1) is 9.56. The number of aromatic nitrogens is 1. The molecule has 5 nitrogen and oxygen atoms in total. The number of hydrogen-bond donors (Lipinski definition) is 2. The molecule has 1 aliphatic rings. The molecule has 1 fully saturated rings. The zero-order valence-electron chi connectivity index (χ0n) is 11.4. The molecular formula is C14H18N4OS. The van der Waals surface area contributed by atoms with Crippen LogP contribution in [0.15, 0.2) is 12.1 Å². The third-order valence-corrected chi connectivity index (χ3v) is 4.86. The van der Waals surface area contributed by atoms with Gasteiger partial charge >= 0.3 is 0 Å². The first kappa shape index (κ1) is 13.3. The average Bonchev–Trinajstić information content (AvgIpc) is 2.75. The number of rotatable bonds is 1. The third-order valence-electron chi connectivity index (χ3n) is 3.75. The number of nitrogen functional groups attached to an aromatic ring is 1. The Kier molecular flexibility index (Phi) is 3.35. The molecule has 0 aromatic carbocycles. The second-order valence-corrected chi connectivity index (χ2v) is 6.28. The summed E-state index contributed by atoms with van der Waals surface area (Å²) in [5, 5.41) is 0.873. The van der Waals surface area contributed by atoms with Crippen LogP contribution in [0.25, 0.3) is 10.2 Å². The van der Waals surface area contributed by atoms with Gasteiger partial charge in [-0.1, -0.05) is 0 Å². The van der Waals surface area contributed by atoms with Crippen molar-refractivity contribution in [2.75, 3.05) is 18.8 Å². The normalized spacial score (nSPS) is 16.8. The lowest BCUT2D eigenvalue weighted by Crippen LogP contribution is -2.42. The van der Waals surface area contributed by atoms with Gasteiger partial charge < -0.3 is 16.4 Å². The van der Waals surface area contributed by atoms with Gasteiger partial charge in [0.25, 0.3) is 5.91 Å². The number of pyridine rings is 1. The lowest BCUT2D eigenvalue weighted by molar-refractivity contribution is 0.0720. The number of piperidine rings is 1. The Balaban J connectivity index is 1.93. The van der Waals surface area contributed by atoms with Crippen molar-refractivity contribution in [3.8, 4) is 0 Å². The zero-order valence-corrected chi connectivity index (χ0v) is 12.2. The number of hydrogen-bond acceptors (Lipinski definition) is 5. The lowest BCUT2D eigenvalue weighted by Gasteiger charge is -2.29. The zero-order chi connectivity index (χ0) is 14.3. The molecule has 0 atom stereocenters. The minimum atomic E-state index is 0.00931. The minimum absolute atomic E-state index is 0.00931. The van der Waals surface area contributed by atoms with Gasteiger partial charge in [-0.25, -0.2) is 4.98 Å². The molecule has 4 N–H and O–H groups in total. The van der Waals surface area contributed by atoms with E-state index >= 15 is 0 Å². The standard InChI is InChI=1S/C14H18N4OS/c1-8-2-3-10-11(16)12(20-13(10)17-8)14(19)18-6-4-9(15)5-7-18/h2-3,9H,4-7,15-16H2,1H3.